The number of ether oxygens (including phenoxy) is 4. The monoisotopic (exact) mass is 439 g/mol. The Morgan fingerprint density at radius 2 is 1.81 bits per heavy atom. The Morgan fingerprint density at radius 1 is 0.969 bits per heavy atom. The van der Waals surface area contributed by atoms with Gasteiger partial charge >= 0.3 is 0 Å². The summed E-state index contributed by atoms with van der Waals surface area (Å²) in [5.41, 5.74) is 1.92. The van der Waals surface area contributed by atoms with E-state index in [1.54, 1.807) is 34.5 Å². The molecule has 1 atom stereocenters. The second-order valence-electron chi connectivity index (χ2n) is 7.65. The van der Waals surface area contributed by atoms with Gasteiger partial charge in [0.2, 0.25) is 17.5 Å². The maximum absolute atomic E-state index is 5.63. The van der Waals surface area contributed by atoms with Crippen LogP contribution in [0.3, 0.4) is 0 Å². The zero-order chi connectivity index (χ0) is 22.5. The summed E-state index contributed by atoms with van der Waals surface area (Å²) in [5.74, 6) is 3.46. The van der Waals surface area contributed by atoms with Crippen molar-refractivity contribution in [2.75, 3.05) is 35.0 Å². The standard InChI is InChI=1S/C24H29N3O5/c1-28-17-9-7-8-16(14-17)19-10-5-6-13-27(19)15-21-25-24(26-32-21)18-11-12-20(29-2)23(31-4)22(18)30-3/h7-9,11-12,14,19H,5-6,10,13,15H2,1-4H3/t19-/m0/s1. The van der Waals surface area contributed by atoms with Crippen LogP contribution in [0.5, 0.6) is 23.0 Å². The first-order chi connectivity index (χ1) is 15.7. The Bertz CT molecular complexity index is 1050. The topological polar surface area (TPSA) is 79.1 Å². The number of nitrogens with zero attached hydrogens (tertiary/aromatic N) is 3. The molecule has 0 aliphatic carbocycles. The third kappa shape index (κ3) is 4.36. The molecule has 8 nitrogen and oxygen atoms in total. The molecule has 170 valence electrons. The normalized spacial score (nSPS) is 16.6. The van der Waals surface area contributed by atoms with E-state index in [1.807, 2.05) is 18.2 Å². The Labute approximate surface area is 188 Å². The van der Waals surface area contributed by atoms with Crippen molar-refractivity contribution in [3.63, 3.8) is 0 Å². The Hall–Kier alpha value is -3.26. The summed E-state index contributed by atoms with van der Waals surface area (Å²) < 4.78 is 27.5. The molecule has 0 radical (unpaired) electrons. The molecule has 1 aromatic heterocycles. The number of likely N-dealkylation sites (tertiary alicyclic amines) is 1. The van der Waals surface area contributed by atoms with E-state index in [0.717, 1.165) is 25.1 Å². The van der Waals surface area contributed by atoms with E-state index in [9.17, 15) is 0 Å². The van der Waals surface area contributed by atoms with Crippen LogP contribution < -0.4 is 18.9 Å². The van der Waals surface area contributed by atoms with Gasteiger partial charge in [-0.05, 0) is 49.2 Å². The largest absolute Gasteiger partial charge is 0.497 e. The molecule has 0 N–H and O–H groups in total. The fraction of sp³-hybridized carbons (Fsp3) is 0.417. The molecule has 3 aromatic rings. The first-order valence-corrected chi connectivity index (χ1v) is 10.7. The highest BCUT2D eigenvalue weighted by Crippen LogP contribution is 2.43. The number of piperidine rings is 1. The predicted molar refractivity (Wildman–Crippen MR) is 119 cm³/mol. The molecule has 2 heterocycles. The number of hydrogen-bond acceptors (Lipinski definition) is 8. The van der Waals surface area contributed by atoms with Crippen LogP contribution in [0.4, 0.5) is 0 Å². The van der Waals surface area contributed by atoms with Crippen molar-refractivity contribution in [2.24, 2.45) is 0 Å². The first kappa shape index (κ1) is 22.0. The molecule has 1 aliphatic heterocycles. The van der Waals surface area contributed by atoms with Crippen molar-refractivity contribution in [3.05, 3.63) is 47.9 Å². The SMILES string of the molecule is COc1cccc([C@@H]2CCCCN2Cc2nc(-c3ccc(OC)c(OC)c3OC)no2)c1. The third-order valence-electron chi connectivity index (χ3n) is 5.84. The molecule has 0 saturated carbocycles. The van der Waals surface area contributed by atoms with Crippen LogP contribution in [0, 0.1) is 0 Å². The molecule has 0 unspecified atom stereocenters. The van der Waals surface area contributed by atoms with E-state index in [2.05, 4.69) is 27.2 Å². The minimum Gasteiger partial charge on any atom is -0.497 e. The lowest BCUT2D eigenvalue weighted by molar-refractivity contribution is 0.123. The number of methoxy groups -OCH3 is 4. The number of rotatable bonds is 8. The quantitative estimate of drug-likeness (QED) is 0.508. The molecule has 1 aliphatic rings. The van der Waals surface area contributed by atoms with Gasteiger partial charge in [-0.15, -0.1) is 0 Å². The second-order valence-corrected chi connectivity index (χ2v) is 7.65. The predicted octanol–water partition coefficient (Wildman–Crippen LogP) is 4.50. The second kappa shape index (κ2) is 9.91. The Balaban J connectivity index is 1.58. The molecule has 2 aromatic carbocycles. The third-order valence-corrected chi connectivity index (χ3v) is 5.84. The average molecular weight is 440 g/mol. The van der Waals surface area contributed by atoms with Gasteiger partial charge in [-0.2, -0.15) is 4.98 Å². The summed E-state index contributed by atoms with van der Waals surface area (Å²) in [5, 5.41) is 4.21. The van der Waals surface area contributed by atoms with Crippen molar-refractivity contribution in [1.29, 1.82) is 0 Å². The van der Waals surface area contributed by atoms with Crippen LogP contribution in [-0.2, 0) is 6.54 Å². The average Bonchev–Trinajstić information content (AvgIpc) is 3.31. The highest BCUT2D eigenvalue weighted by Gasteiger charge is 2.27. The lowest BCUT2D eigenvalue weighted by Crippen LogP contribution is -2.33. The van der Waals surface area contributed by atoms with Gasteiger partial charge in [0, 0.05) is 6.04 Å². The summed E-state index contributed by atoms with van der Waals surface area (Å²) in [7, 11) is 6.43. The van der Waals surface area contributed by atoms with Gasteiger partial charge in [0.25, 0.3) is 0 Å². The van der Waals surface area contributed by atoms with Gasteiger partial charge in [0.05, 0.1) is 40.5 Å². The molecular weight excluding hydrogens is 410 g/mol. The van der Waals surface area contributed by atoms with Crippen molar-refractivity contribution in [1.82, 2.24) is 15.0 Å². The lowest BCUT2D eigenvalue weighted by Gasteiger charge is -2.35. The van der Waals surface area contributed by atoms with Crippen LogP contribution >= 0.6 is 0 Å². The van der Waals surface area contributed by atoms with Crippen LogP contribution in [0.25, 0.3) is 11.4 Å². The van der Waals surface area contributed by atoms with Crippen LogP contribution in [0.15, 0.2) is 40.9 Å². The van der Waals surface area contributed by atoms with E-state index < -0.39 is 0 Å². The van der Waals surface area contributed by atoms with Crippen molar-refractivity contribution in [3.8, 4) is 34.4 Å². The number of hydrogen-bond donors (Lipinski definition) is 0. The molecule has 4 rings (SSSR count). The van der Waals surface area contributed by atoms with Crippen molar-refractivity contribution in [2.45, 2.75) is 31.8 Å². The molecule has 0 spiro atoms. The van der Waals surface area contributed by atoms with Crippen LogP contribution in [-0.4, -0.2) is 50.0 Å². The molecule has 32 heavy (non-hydrogen) atoms. The van der Waals surface area contributed by atoms with Crippen LogP contribution in [0.2, 0.25) is 0 Å². The highest BCUT2D eigenvalue weighted by atomic mass is 16.5. The van der Waals surface area contributed by atoms with Gasteiger partial charge in [-0.3, -0.25) is 4.90 Å². The fourth-order valence-electron chi connectivity index (χ4n) is 4.29. The smallest absolute Gasteiger partial charge is 0.241 e. The van der Waals surface area contributed by atoms with Gasteiger partial charge in [0.15, 0.2) is 11.5 Å². The van der Waals surface area contributed by atoms with E-state index >= 15 is 0 Å². The minimum absolute atomic E-state index is 0.282. The van der Waals surface area contributed by atoms with E-state index in [4.69, 9.17) is 23.5 Å². The summed E-state index contributed by atoms with van der Waals surface area (Å²) >= 11 is 0. The van der Waals surface area contributed by atoms with E-state index in [-0.39, 0.29) is 6.04 Å². The van der Waals surface area contributed by atoms with Gasteiger partial charge in [-0.1, -0.05) is 23.7 Å². The zero-order valence-electron chi connectivity index (χ0n) is 19.0. The summed E-state index contributed by atoms with van der Waals surface area (Å²) in [6, 6.07) is 12.2. The minimum atomic E-state index is 0.282. The Morgan fingerprint density at radius 3 is 2.56 bits per heavy atom. The number of aromatic nitrogens is 2. The van der Waals surface area contributed by atoms with E-state index in [1.165, 1.54) is 12.0 Å². The lowest BCUT2D eigenvalue weighted by atomic mass is 9.95. The molecule has 1 fully saturated rings. The maximum atomic E-state index is 5.63. The van der Waals surface area contributed by atoms with Gasteiger partial charge in [-0.25, -0.2) is 0 Å². The summed E-state index contributed by atoms with van der Waals surface area (Å²) in [6.45, 7) is 1.55. The van der Waals surface area contributed by atoms with Crippen molar-refractivity contribution >= 4 is 0 Å². The van der Waals surface area contributed by atoms with Gasteiger partial charge in [0.1, 0.15) is 5.75 Å². The van der Waals surface area contributed by atoms with Crippen LogP contribution in [0.1, 0.15) is 36.8 Å². The molecule has 0 bridgehead atoms. The highest BCUT2D eigenvalue weighted by molar-refractivity contribution is 5.72. The zero-order valence-corrected chi connectivity index (χ0v) is 19.0. The summed E-state index contributed by atoms with van der Waals surface area (Å²) in [4.78, 5) is 7.05. The fourth-order valence-corrected chi connectivity index (χ4v) is 4.29. The molecule has 8 heteroatoms. The van der Waals surface area contributed by atoms with Crippen molar-refractivity contribution < 1.29 is 23.5 Å². The number of benzene rings is 2. The van der Waals surface area contributed by atoms with E-state index in [0.29, 0.717) is 41.1 Å². The molecule has 0 amide bonds. The Kier molecular flexibility index (Phi) is 6.80. The van der Waals surface area contributed by atoms with Gasteiger partial charge < -0.3 is 23.5 Å². The molecule has 1 saturated heterocycles. The first-order valence-electron chi connectivity index (χ1n) is 10.7. The maximum Gasteiger partial charge on any atom is 0.241 e. The summed E-state index contributed by atoms with van der Waals surface area (Å²) in [6.07, 6.45) is 3.42. The molecular formula is C24H29N3O5.